The van der Waals surface area contributed by atoms with Gasteiger partial charge in [-0.1, -0.05) is 16.5 Å². The van der Waals surface area contributed by atoms with Crippen molar-refractivity contribution in [1.29, 1.82) is 0 Å². The average molecular weight is 332 g/mol. The van der Waals surface area contributed by atoms with Crippen molar-refractivity contribution in [3.63, 3.8) is 0 Å². The molecule has 0 saturated heterocycles. The molecule has 0 radical (unpaired) electrons. The van der Waals surface area contributed by atoms with Gasteiger partial charge in [-0.15, -0.1) is 0 Å². The summed E-state index contributed by atoms with van der Waals surface area (Å²) in [7, 11) is 1.33. The second-order valence-corrected chi connectivity index (χ2v) is 5.38. The highest BCUT2D eigenvalue weighted by Gasteiger charge is 2.16. The Kier molecular flexibility index (Phi) is 4.24. The zero-order valence-corrected chi connectivity index (χ0v) is 13.1. The number of esters is 1. The van der Waals surface area contributed by atoms with E-state index >= 15 is 0 Å². The van der Waals surface area contributed by atoms with Crippen molar-refractivity contribution in [2.24, 2.45) is 0 Å². The van der Waals surface area contributed by atoms with Gasteiger partial charge in [0.15, 0.2) is 5.13 Å². The molecular weight excluding hydrogens is 320 g/mol. The largest absolute Gasteiger partial charge is 0.465 e. The predicted molar refractivity (Wildman–Crippen MR) is 80.8 cm³/mol. The molecule has 0 amide bonds. The number of carbonyl (C=O) groups is 1. The molecule has 118 valence electrons. The number of hydrogen-bond donors (Lipinski definition) is 1. The van der Waals surface area contributed by atoms with Gasteiger partial charge in [0.2, 0.25) is 11.7 Å². The van der Waals surface area contributed by atoms with E-state index in [4.69, 9.17) is 9.26 Å². The molecule has 9 nitrogen and oxygen atoms in total. The Balaban J connectivity index is 1.67. The van der Waals surface area contributed by atoms with Crippen molar-refractivity contribution in [1.82, 2.24) is 25.1 Å². The number of thiazole rings is 1. The van der Waals surface area contributed by atoms with Gasteiger partial charge in [0.05, 0.1) is 25.5 Å². The Morgan fingerprint density at radius 1 is 1.39 bits per heavy atom. The molecule has 0 spiro atoms. The molecule has 0 saturated carbocycles. The van der Waals surface area contributed by atoms with Crippen molar-refractivity contribution in [2.45, 2.75) is 13.5 Å². The lowest BCUT2D eigenvalue weighted by Crippen LogP contribution is -1.99. The van der Waals surface area contributed by atoms with E-state index in [-0.39, 0.29) is 6.54 Å². The predicted octanol–water partition coefficient (Wildman–Crippen LogP) is 1.69. The average Bonchev–Trinajstić information content (AvgIpc) is 3.20. The first kappa shape index (κ1) is 15.0. The summed E-state index contributed by atoms with van der Waals surface area (Å²) >= 11 is 1.21. The lowest BCUT2D eigenvalue weighted by molar-refractivity contribution is 0.0605. The molecule has 0 aliphatic heterocycles. The highest BCUT2D eigenvalue weighted by Crippen LogP contribution is 2.23. The quantitative estimate of drug-likeness (QED) is 0.696. The monoisotopic (exact) mass is 332 g/mol. The number of nitrogens with one attached hydrogen (secondary N) is 1. The highest BCUT2D eigenvalue weighted by molar-refractivity contribution is 7.17. The van der Waals surface area contributed by atoms with Gasteiger partial charge in [0.1, 0.15) is 10.6 Å². The lowest BCUT2D eigenvalue weighted by atomic mass is 10.4. The molecule has 0 atom stereocenters. The molecule has 3 aromatic heterocycles. The number of aryl methyl sites for hydroxylation is 1. The second-order valence-electron chi connectivity index (χ2n) is 4.38. The number of aromatic nitrogens is 5. The number of methoxy groups -OCH3 is 1. The van der Waals surface area contributed by atoms with E-state index in [9.17, 15) is 4.79 Å². The van der Waals surface area contributed by atoms with Crippen LogP contribution in [-0.4, -0.2) is 38.2 Å². The first-order valence-corrected chi connectivity index (χ1v) is 7.37. The van der Waals surface area contributed by atoms with Gasteiger partial charge < -0.3 is 14.6 Å². The molecule has 3 heterocycles. The van der Waals surface area contributed by atoms with Crippen LogP contribution in [0.3, 0.4) is 0 Å². The van der Waals surface area contributed by atoms with E-state index in [2.05, 4.69) is 30.4 Å². The Labute approximate surface area is 134 Å². The molecule has 0 aliphatic rings. The molecular formula is C13H12N6O3S. The third kappa shape index (κ3) is 3.31. The van der Waals surface area contributed by atoms with Gasteiger partial charge in [0, 0.05) is 12.4 Å². The summed E-state index contributed by atoms with van der Waals surface area (Å²) < 4.78 is 9.84. The summed E-state index contributed by atoms with van der Waals surface area (Å²) in [5, 5.41) is 7.45. The zero-order chi connectivity index (χ0) is 16.2. The van der Waals surface area contributed by atoms with E-state index in [1.54, 1.807) is 25.5 Å². The van der Waals surface area contributed by atoms with Gasteiger partial charge in [-0.3, -0.25) is 4.98 Å². The van der Waals surface area contributed by atoms with Crippen LogP contribution in [0.1, 0.15) is 21.3 Å². The number of carbonyl (C=O) groups excluding carboxylic acids is 1. The Bertz CT molecular complexity index is 816. The summed E-state index contributed by atoms with van der Waals surface area (Å²) in [5.41, 5.74) is 1.13. The van der Waals surface area contributed by atoms with E-state index in [0.29, 0.717) is 33.1 Å². The second kappa shape index (κ2) is 6.48. The number of ether oxygens (including phenoxy) is 1. The molecule has 23 heavy (non-hydrogen) atoms. The summed E-state index contributed by atoms with van der Waals surface area (Å²) in [5.74, 6) is 0.328. The fourth-order valence-electron chi connectivity index (χ4n) is 1.75. The van der Waals surface area contributed by atoms with Crippen LogP contribution in [0.2, 0.25) is 0 Å². The molecule has 0 unspecified atom stereocenters. The Morgan fingerprint density at radius 3 is 3.00 bits per heavy atom. The summed E-state index contributed by atoms with van der Waals surface area (Å²) in [6.45, 7) is 2.02. The highest BCUT2D eigenvalue weighted by atomic mass is 32.1. The van der Waals surface area contributed by atoms with Crippen LogP contribution in [0.15, 0.2) is 23.1 Å². The van der Waals surface area contributed by atoms with Crippen molar-refractivity contribution >= 4 is 22.4 Å². The fraction of sp³-hybridized carbons (Fsp3) is 0.231. The van der Waals surface area contributed by atoms with E-state index < -0.39 is 5.97 Å². The normalized spacial score (nSPS) is 10.5. The minimum absolute atomic E-state index is 0.279. The van der Waals surface area contributed by atoms with Crippen LogP contribution in [0.5, 0.6) is 0 Å². The van der Waals surface area contributed by atoms with Crippen molar-refractivity contribution in [3.8, 4) is 11.5 Å². The molecule has 10 heteroatoms. The van der Waals surface area contributed by atoms with Crippen LogP contribution in [-0.2, 0) is 11.3 Å². The zero-order valence-electron chi connectivity index (χ0n) is 12.3. The SMILES string of the molecule is COC(=O)c1sc(NCc2nc(-c3cnccn3)no2)nc1C. The van der Waals surface area contributed by atoms with Crippen LogP contribution < -0.4 is 5.32 Å². The molecule has 1 N–H and O–H groups in total. The Hall–Kier alpha value is -2.88. The van der Waals surface area contributed by atoms with Crippen LogP contribution >= 0.6 is 11.3 Å². The first-order valence-electron chi connectivity index (χ1n) is 6.56. The van der Waals surface area contributed by atoms with Crippen LogP contribution in [0.4, 0.5) is 5.13 Å². The minimum Gasteiger partial charge on any atom is -0.465 e. The van der Waals surface area contributed by atoms with Crippen molar-refractivity contribution in [2.75, 3.05) is 12.4 Å². The third-order valence-electron chi connectivity index (χ3n) is 2.82. The summed E-state index contributed by atoms with van der Waals surface area (Å²) in [6, 6.07) is 0. The van der Waals surface area contributed by atoms with E-state index in [0.717, 1.165) is 0 Å². The summed E-state index contributed by atoms with van der Waals surface area (Å²) in [4.78, 5) is 28.5. The number of hydrogen-bond acceptors (Lipinski definition) is 10. The number of rotatable bonds is 5. The van der Waals surface area contributed by atoms with Gasteiger partial charge in [-0.2, -0.15) is 4.98 Å². The van der Waals surface area contributed by atoms with E-state index in [1.807, 2.05) is 0 Å². The number of anilines is 1. The smallest absolute Gasteiger partial charge is 0.350 e. The van der Waals surface area contributed by atoms with Gasteiger partial charge in [0.25, 0.3) is 0 Å². The van der Waals surface area contributed by atoms with Crippen molar-refractivity contribution in [3.05, 3.63) is 35.1 Å². The van der Waals surface area contributed by atoms with E-state index in [1.165, 1.54) is 18.4 Å². The third-order valence-corrected chi connectivity index (χ3v) is 3.91. The summed E-state index contributed by atoms with van der Waals surface area (Å²) in [6.07, 6.45) is 4.67. The minimum atomic E-state index is -0.407. The topological polar surface area (TPSA) is 116 Å². The van der Waals surface area contributed by atoms with Gasteiger partial charge >= 0.3 is 5.97 Å². The maximum Gasteiger partial charge on any atom is 0.350 e. The van der Waals surface area contributed by atoms with Crippen LogP contribution in [0, 0.1) is 6.92 Å². The van der Waals surface area contributed by atoms with Crippen molar-refractivity contribution < 1.29 is 14.1 Å². The van der Waals surface area contributed by atoms with Gasteiger partial charge in [-0.25, -0.2) is 14.8 Å². The van der Waals surface area contributed by atoms with Gasteiger partial charge in [-0.05, 0) is 6.92 Å². The molecule has 0 aliphatic carbocycles. The Morgan fingerprint density at radius 2 is 2.26 bits per heavy atom. The molecule has 3 rings (SSSR count). The number of nitrogens with zero attached hydrogens (tertiary/aromatic N) is 5. The fourth-order valence-corrected chi connectivity index (χ4v) is 2.63. The first-order chi connectivity index (χ1) is 11.2. The van der Waals surface area contributed by atoms with Crippen LogP contribution in [0.25, 0.3) is 11.5 Å². The standard InChI is InChI=1S/C13H12N6O3S/c1-7-10(12(20)21-2)23-13(17-7)16-6-9-18-11(19-22-9)8-5-14-3-4-15-8/h3-5H,6H2,1-2H3,(H,16,17). The molecule has 0 aromatic carbocycles. The molecule has 0 bridgehead atoms. The maximum atomic E-state index is 11.5. The maximum absolute atomic E-state index is 11.5. The molecule has 3 aromatic rings. The lowest BCUT2D eigenvalue weighted by Gasteiger charge is -1.96. The molecule has 0 fully saturated rings.